The van der Waals surface area contributed by atoms with Gasteiger partial charge in [-0.25, -0.2) is 0 Å². The van der Waals surface area contributed by atoms with Crippen molar-refractivity contribution < 1.29 is 9.53 Å². The number of benzene rings is 2. The number of likely N-dealkylation sites (tertiary alicyclic amines) is 1. The fourth-order valence-electron chi connectivity index (χ4n) is 4.96. The van der Waals surface area contributed by atoms with Crippen molar-refractivity contribution in [2.45, 2.75) is 37.7 Å². The van der Waals surface area contributed by atoms with E-state index in [1.54, 1.807) is 0 Å². The summed E-state index contributed by atoms with van der Waals surface area (Å²) < 4.78 is 6.51. The van der Waals surface area contributed by atoms with Crippen molar-refractivity contribution in [1.82, 2.24) is 9.88 Å². The van der Waals surface area contributed by atoms with Crippen LogP contribution in [0.2, 0.25) is 0 Å². The van der Waals surface area contributed by atoms with E-state index >= 15 is 0 Å². The molecule has 0 unspecified atom stereocenters. The van der Waals surface area contributed by atoms with Gasteiger partial charge in [-0.15, -0.1) is 0 Å². The Labute approximate surface area is 182 Å². The minimum absolute atomic E-state index is 0.278. The zero-order valence-electron chi connectivity index (χ0n) is 17.6. The molecule has 2 fully saturated rings. The lowest BCUT2D eigenvalue weighted by Gasteiger charge is -2.43. The average Bonchev–Trinajstić information content (AvgIpc) is 2.78. The second kappa shape index (κ2) is 7.23. The molecule has 0 N–H and O–H groups in total. The summed E-state index contributed by atoms with van der Waals surface area (Å²) in [6.45, 7) is 1.58. The van der Waals surface area contributed by atoms with Crippen molar-refractivity contribution in [1.29, 1.82) is 0 Å². The van der Waals surface area contributed by atoms with E-state index in [1.165, 1.54) is 6.42 Å². The van der Waals surface area contributed by atoms with Gasteiger partial charge in [-0.05, 0) is 48.7 Å². The first kappa shape index (κ1) is 18.6. The van der Waals surface area contributed by atoms with Gasteiger partial charge in [0.2, 0.25) is 5.91 Å². The number of carbonyl (C=O) groups excluding carboxylic acids is 1. The molecule has 1 saturated heterocycles. The Kier molecular flexibility index (Phi) is 4.34. The molecule has 156 valence electrons. The summed E-state index contributed by atoms with van der Waals surface area (Å²) >= 11 is 0. The van der Waals surface area contributed by atoms with Crippen LogP contribution in [0.3, 0.4) is 0 Å². The molecule has 2 aliphatic heterocycles. The number of amides is 1. The predicted molar refractivity (Wildman–Crippen MR) is 123 cm³/mol. The highest BCUT2D eigenvalue weighted by molar-refractivity contribution is 5.84. The summed E-state index contributed by atoms with van der Waals surface area (Å²) in [5.74, 6) is 1.56. The van der Waals surface area contributed by atoms with Crippen LogP contribution in [0.5, 0.6) is 5.75 Å². The van der Waals surface area contributed by atoms with Crippen LogP contribution < -0.4 is 4.74 Å². The first-order valence-electron chi connectivity index (χ1n) is 11.4. The van der Waals surface area contributed by atoms with Gasteiger partial charge < -0.3 is 9.64 Å². The van der Waals surface area contributed by atoms with Crippen molar-refractivity contribution in [2.24, 2.45) is 5.92 Å². The van der Waals surface area contributed by atoms with Crippen molar-refractivity contribution in [3.8, 4) is 16.9 Å². The molecule has 0 atom stereocenters. The van der Waals surface area contributed by atoms with E-state index < -0.39 is 0 Å². The van der Waals surface area contributed by atoms with Crippen LogP contribution in [-0.2, 0) is 4.79 Å². The van der Waals surface area contributed by atoms with E-state index in [2.05, 4.69) is 52.4 Å². The number of piperidine rings is 1. The van der Waals surface area contributed by atoms with Crippen LogP contribution in [0.25, 0.3) is 28.1 Å². The summed E-state index contributed by atoms with van der Waals surface area (Å²) in [6.07, 6.45) is 11.4. The number of carbonyl (C=O) groups is 1. The monoisotopic (exact) mass is 410 g/mol. The van der Waals surface area contributed by atoms with E-state index in [0.29, 0.717) is 5.91 Å². The van der Waals surface area contributed by atoms with Gasteiger partial charge in [0.25, 0.3) is 0 Å². The van der Waals surface area contributed by atoms with Gasteiger partial charge in [0.1, 0.15) is 11.4 Å². The second-order valence-electron chi connectivity index (χ2n) is 9.12. The van der Waals surface area contributed by atoms with Gasteiger partial charge in [-0.3, -0.25) is 9.78 Å². The zero-order chi connectivity index (χ0) is 20.8. The molecule has 3 heterocycles. The quantitative estimate of drug-likeness (QED) is 0.563. The summed E-state index contributed by atoms with van der Waals surface area (Å²) in [7, 11) is 0. The average molecular weight is 411 g/mol. The molecule has 3 aromatic rings. The van der Waals surface area contributed by atoms with Crippen molar-refractivity contribution in [2.75, 3.05) is 13.1 Å². The smallest absolute Gasteiger partial charge is 0.225 e. The highest BCUT2D eigenvalue weighted by atomic mass is 16.5. The second-order valence-corrected chi connectivity index (χ2v) is 9.12. The third-order valence-corrected chi connectivity index (χ3v) is 7.19. The van der Waals surface area contributed by atoms with Crippen molar-refractivity contribution in [3.05, 3.63) is 66.4 Å². The number of rotatable bonds is 2. The highest BCUT2D eigenvalue weighted by Gasteiger charge is 2.39. The standard InChI is InChI=1S/C27H26N2O2/c30-26(19-5-3-6-19)29-14-12-27(13-15-29)11-10-22-16-20(8-9-25(22)31-27)23-17-21-4-1-2-7-24(21)28-18-23/h1-2,4,7-11,16-19H,3,5-6,12-15H2. The van der Waals surface area contributed by atoms with Gasteiger partial charge in [-0.2, -0.15) is 0 Å². The molecule has 1 aliphatic carbocycles. The molecule has 4 nitrogen and oxygen atoms in total. The van der Waals surface area contributed by atoms with Crippen LogP contribution in [-0.4, -0.2) is 34.5 Å². The number of aromatic nitrogens is 1. The molecule has 0 radical (unpaired) electrons. The third kappa shape index (κ3) is 3.31. The maximum absolute atomic E-state index is 12.6. The molecular formula is C27H26N2O2. The van der Waals surface area contributed by atoms with E-state index in [0.717, 1.165) is 72.1 Å². The van der Waals surface area contributed by atoms with Crippen molar-refractivity contribution >= 4 is 22.9 Å². The first-order chi connectivity index (χ1) is 15.2. The summed E-state index contributed by atoms with van der Waals surface area (Å²) in [4.78, 5) is 19.2. The normalized spacial score (nSPS) is 19.7. The minimum atomic E-state index is -0.282. The Morgan fingerprint density at radius 2 is 1.87 bits per heavy atom. The summed E-state index contributed by atoms with van der Waals surface area (Å²) in [6, 6.07) is 16.8. The largest absolute Gasteiger partial charge is 0.482 e. The van der Waals surface area contributed by atoms with Crippen LogP contribution in [0.15, 0.2) is 60.8 Å². The molecular weight excluding hydrogens is 384 g/mol. The Morgan fingerprint density at radius 3 is 2.68 bits per heavy atom. The molecule has 4 heteroatoms. The van der Waals surface area contributed by atoms with Gasteiger partial charge in [0.15, 0.2) is 0 Å². The van der Waals surface area contributed by atoms with E-state index in [1.807, 2.05) is 24.4 Å². The lowest BCUT2D eigenvalue weighted by atomic mass is 9.82. The molecule has 2 aromatic carbocycles. The Morgan fingerprint density at radius 1 is 1.03 bits per heavy atom. The lowest BCUT2D eigenvalue weighted by molar-refractivity contribution is -0.140. The molecule has 6 rings (SSSR count). The number of hydrogen-bond acceptors (Lipinski definition) is 3. The van der Waals surface area contributed by atoms with Gasteiger partial charge in [0.05, 0.1) is 5.52 Å². The van der Waals surface area contributed by atoms with Gasteiger partial charge >= 0.3 is 0 Å². The number of hydrogen-bond donors (Lipinski definition) is 0. The van der Waals surface area contributed by atoms with E-state index in [9.17, 15) is 4.79 Å². The number of para-hydroxylation sites is 1. The maximum Gasteiger partial charge on any atom is 0.225 e. The van der Waals surface area contributed by atoms with E-state index in [-0.39, 0.29) is 11.5 Å². The molecule has 3 aliphatic rings. The number of fused-ring (bicyclic) bond motifs is 2. The number of ether oxygens (including phenoxy) is 1. The Hall–Kier alpha value is -3.14. The molecule has 1 spiro atoms. The molecule has 0 bridgehead atoms. The van der Waals surface area contributed by atoms with Gasteiger partial charge in [0, 0.05) is 54.6 Å². The Bertz CT molecular complexity index is 1190. The predicted octanol–water partition coefficient (Wildman–Crippen LogP) is 5.47. The molecule has 31 heavy (non-hydrogen) atoms. The fraction of sp³-hybridized carbons (Fsp3) is 0.333. The van der Waals surface area contributed by atoms with E-state index in [4.69, 9.17) is 4.74 Å². The highest BCUT2D eigenvalue weighted by Crippen LogP contribution is 2.39. The molecule has 1 saturated carbocycles. The number of pyridine rings is 1. The summed E-state index contributed by atoms with van der Waals surface area (Å²) in [5.41, 5.74) is 4.08. The van der Waals surface area contributed by atoms with Crippen LogP contribution in [0, 0.1) is 5.92 Å². The summed E-state index contributed by atoms with van der Waals surface area (Å²) in [5, 5.41) is 1.15. The number of nitrogens with zero attached hydrogens (tertiary/aromatic N) is 2. The Balaban J connectivity index is 1.20. The topological polar surface area (TPSA) is 42.4 Å². The first-order valence-corrected chi connectivity index (χ1v) is 11.4. The van der Waals surface area contributed by atoms with Crippen LogP contribution in [0.1, 0.15) is 37.7 Å². The van der Waals surface area contributed by atoms with Crippen molar-refractivity contribution in [3.63, 3.8) is 0 Å². The van der Waals surface area contributed by atoms with Crippen LogP contribution >= 0.6 is 0 Å². The molecule has 1 amide bonds. The van der Waals surface area contributed by atoms with Crippen LogP contribution in [0.4, 0.5) is 0 Å². The zero-order valence-corrected chi connectivity index (χ0v) is 17.6. The molecule has 1 aromatic heterocycles. The fourth-order valence-corrected chi connectivity index (χ4v) is 4.96. The van der Waals surface area contributed by atoms with Gasteiger partial charge in [-0.1, -0.05) is 36.8 Å². The lowest BCUT2D eigenvalue weighted by Crippen LogP contribution is -2.51. The SMILES string of the molecule is O=C(C1CCC1)N1CCC2(C=Cc3cc(-c4cnc5ccccc5c4)ccc3O2)CC1. The minimum Gasteiger partial charge on any atom is -0.482 e. The maximum atomic E-state index is 12.6. The third-order valence-electron chi connectivity index (χ3n) is 7.19.